The molecule has 0 unspecified atom stereocenters. The topological polar surface area (TPSA) is 96.0 Å². The van der Waals surface area contributed by atoms with E-state index in [0.717, 1.165) is 26.9 Å². The van der Waals surface area contributed by atoms with Gasteiger partial charge in [-0.25, -0.2) is 22.2 Å². The predicted octanol–water partition coefficient (Wildman–Crippen LogP) is 1.73. The fraction of sp³-hybridized carbons (Fsp3) is 0.389. The molecule has 0 aliphatic heterocycles. The summed E-state index contributed by atoms with van der Waals surface area (Å²) in [5.74, 6) is 0. The second kappa shape index (κ2) is 7.15. The maximum Gasteiger partial charge on any atom is 0.332 e. The molecule has 0 saturated carbocycles. The van der Waals surface area contributed by atoms with Crippen LogP contribution in [0.4, 0.5) is 0 Å². The molecule has 0 bridgehead atoms. The van der Waals surface area contributed by atoms with E-state index in [2.05, 4.69) is 4.98 Å². The van der Waals surface area contributed by atoms with Crippen LogP contribution >= 0.6 is 0 Å². The summed E-state index contributed by atoms with van der Waals surface area (Å²) in [6, 6.07) is 6.35. The lowest BCUT2D eigenvalue weighted by Crippen LogP contribution is -2.40. The average molecular weight is 390 g/mol. The van der Waals surface area contributed by atoms with E-state index in [9.17, 15) is 18.0 Å². The first-order chi connectivity index (χ1) is 12.8. The molecule has 3 rings (SSSR count). The maximum atomic E-state index is 13.1. The van der Waals surface area contributed by atoms with Gasteiger partial charge in [-0.05, 0) is 32.4 Å². The molecular formula is C18H22N4O4S. The van der Waals surface area contributed by atoms with Gasteiger partial charge in [-0.15, -0.1) is 0 Å². The van der Waals surface area contributed by atoms with Crippen LogP contribution in [-0.4, -0.2) is 26.5 Å². The second-order valence-electron chi connectivity index (χ2n) is 6.37. The molecule has 9 heteroatoms. The second-order valence-corrected chi connectivity index (χ2v) is 8.18. The van der Waals surface area contributed by atoms with Crippen LogP contribution in [0.25, 0.3) is 11.2 Å². The van der Waals surface area contributed by atoms with Gasteiger partial charge in [0, 0.05) is 13.1 Å². The van der Waals surface area contributed by atoms with Crippen molar-refractivity contribution in [2.24, 2.45) is 0 Å². The van der Waals surface area contributed by atoms with Crippen molar-refractivity contribution >= 4 is 21.2 Å². The average Bonchev–Trinajstić information content (AvgIpc) is 3.08. The van der Waals surface area contributed by atoms with Crippen LogP contribution in [0.15, 0.2) is 45.1 Å². The molecule has 0 saturated heterocycles. The zero-order valence-electron chi connectivity index (χ0n) is 15.5. The summed E-state index contributed by atoms with van der Waals surface area (Å²) in [5, 5.41) is 0. The molecule has 27 heavy (non-hydrogen) atoms. The van der Waals surface area contributed by atoms with E-state index in [1.807, 2.05) is 13.8 Å². The van der Waals surface area contributed by atoms with Crippen LogP contribution in [0.1, 0.15) is 32.3 Å². The SMILES string of the molecule is CCCCn1c(=O)n(CC)c(=O)c2c1ncn2S(=O)(=O)c1ccc(C)cc1. The molecule has 0 spiro atoms. The summed E-state index contributed by atoms with van der Waals surface area (Å²) in [4.78, 5) is 29.6. The smallest absolute Gasteiger partial charge is 0.276 e. The Labute approximate surface area is 156 Å². The van der Waals surface area contributed by atoms with Crippen LogP contribution in [-0.2, 0) is 23.1 Å². The van der Waals surface area contributed by atoms with Crippen molar-refractivity contribution in [2.75, 3.05) is 0 Å². The summed E-state index contributed by atoms with van der Waals surface area (Å²) in [7, 11) is -4.01. The van der Waals surface area contributed by atoms with E-state index in [4.69, 9.17) is 0 Å². The summed E-state index contributed by atoms with van der Waals surface area (Å²) in [6.45, 7) is 6.03. The highest BCUT2D eigenvalue weighted by Gasteiger charge is 2.25. The van der Waals surface area contributed by atoms with Gasteiger partial charge in [-0.1, -0.05) is 31.0 Å². The molecule has 0 radical (unpaired) electrons. The lowest BCUT2D eigenvalue weighted by atomic mass is 10.2. The van der Waals surface area contributed by atoms with Gasteiger partial charge in [0.05, 0.1) is 4.90 Å². The molecule has 144 valence electrons. The van der Waals surface area contributed by atoms with Crippen LogP contribution < -0.4 is 11.2 Å². The van der Waals surface area contributed by atoms with E-state index >= 15 is 0 Å². The van der Waals surface area contributed by atoms with Gasteiger partial charge in [0.25, 0.3) is 15.6 Å². The first kappa shape index (κ1) is 19.1. The summed E-state index contributed by atoms with van der Waals surface area (Å²) in [6.07, 6.45) is 2.67. The van der Waals surface area contributed by atoms with Crippen LogP contribution in [0.3, 0.4) is 0 Å². The lowest BCUT2D eigenvalue weighted by molar-refractivity contribution is 0.561. The van der Waals surface area contributed by atoms with Crippen molar-refractivity contribution in [3.8, 4) is 0 Å². The molecule has 0 amide bonds. The van der Waals surface area contributed by atoms with E-state index in [-0.39, 0.29) is 22.6 Å². The van der Waals surface area contributed by atoms with Gasteiger partial charge in [-0.2, -0.15) is 0 Å². The highest BCUT2D eigenvalue weighted by molar-refractivity contribution is 7.90. The first-order valence-corrected chi connectivity index (χ1v) is 10.3. The largest absolute Gasteiger partial charge is 0.332 e. The lowest BCUT2D eigenvalue weighted by Gasteiger charge is -2.11. The standard InChI is InChI=1S/C18H22N4O4S/c1-4-6-11-21-16-15(17(23)20(5-2)18(21)24)22(12-19-16)27(25,26)14-9-7-13(3)8-10-14/h7-10,12H,4-6,11H2,1-3H3. The van der Waals surface area contributed by atoms with Crippen molar-refractivity contribution in [2.45, 2.75) is 51.6 Å². The van der Waals surface area contributed by atoms with E-state index in [0.29, 0.717) is 13.0 Å². The van der Waals surface area contributed by atoms with Gasteiger partial charge in [0.15, 0.2) is 11.2 Å². The van der Waals surface area contributed by atoms with Gasteiger partial charge in [0.1, 0.15) is 6.33 Å². The third-order valence-corrected chi connectivity index (χ3v) is 6.17. The Morgan fingerprint density at radius 1 is 1.04 bits per heavy atom. The molecule has 0 N–H and O–H groups in total. The number of imidazole rings is 1. The Kier molecular flexibility index (Phi) is 5.05. The fourth-order valence-electron chi connectivity index (χ4n) is 2.97. The van der Waals surface area contributed by atoms with E-state index in [1.54, 1.807) is 19.1 Å². The Hall–Kier alpha value is -2.68. The Morgan fingerprint density at radius 3 is 2.30 bits per heavy atom. The maximum absolute atomic E-state index is 13.1. The number of benzene rings is 1. The van der Waals surface area contributed by atoms with E-state index in [1.165, 1.54) is 16.7 Å². The number of unbranched alkanes of at least 4 members (excludes halogenated alkanes) is 1. The Balaban J connectivity index is 2.35. The van der Waals surface area contributed by atoms with E-state index < -0.39 is 21.3 Å². The quantitative estimate of drug-likeness (QED) is 0.639. The Bertz CT molecular complexity index is 1200. The fourth-order valence-corrected chi connectivity index (χ4v) is 4.24. The van der Waals surface area contributed by atoms with Crippen molar-refractivity contribution in [3.63, 3.8) is 0 Å². The molecule has 0 aliphatic carbocycles. The third-order valence-electron chi connectivity index (χ3n) is 4.51. The number of hydrogen-bond donors (Lipinski definition) is 0. The van der Waals surface area contributed by atoms with Crippen molar-refractivity contribution < 1.29 is 8.42 Å². The van der Waals surface area contributed by atoms with Gasteiger partial charge >= 0.3 is 5.69 Å². The molecule has 2 aromatic heterocycles. The molecule has 3 aromatic rings. The molecule has 0 atom stereocenters. The van der Waals surface area contributed by atoms with Crippen molar-refractivity contribution in [3.05, 3.63) is 57.0 Å². The van der Waals surface area contributed by atoms with Crippen LogP contribution in [0, 0.1) is 6.92 Å². The monoisotopic (exact) mass is 390 g/mol. The molecular weight excluding hydrogens is 368 g/mol. The van der Waals surface area contributed by atoms with Gasteiger partial charge in [-0.3, -0.25) is 13.9 Å². The van der Waals surface area contributed by atoms with Gasteiger partial charge < -0.3 is 0 Å². The molecule has 0 aliphatic rings. The van der Waals surface area contributed by atoms with Gasteiger partial charge in [0.2, 0.25) is 0 Å². The van der Waals surface area contributed by atoms with Crippen molar-refractivity contribution in [1.29, 1.82) is 0 Å². The number of rotatable bonds is 6. The molecule has 8 nitrogen and oxygen atoms in total. The predicted molar refractivity (Wildman–Crippen MR) is 103 cm³/mol. The third kappa shape index (κ3) is 3.12. The van der Waals surface area contributed by atoms with Crippen LogP contribution in [0.5, 0.6) is 0 Å². The minimum absolute atomic E-state index is 0.0566. The summed E-state index contributed by atoms with van der Waals surface area (Å²) in [5.41, 5.74) is -0.210. The number of nitrogens with zero attached hydrogens (tertiary/aromatic N) is 4. The highest BCUT2D eigenvalue weighted by Crippen LogP contribution is 2.18. The Morgan fingerprint density at radius 2 is 1.70 bits per heavy atom. The van der Waals surface area contributed by atoms with Crippen molar-refractivity contribution in [1.82, 2.24) is 18.1 Å². The summed E-state index contributed by atoms with van der Waals surface area (Å²) < 4.78 is 29.4. The summed E-state index contributed by atoms with van der Waals surface area (Å²) >= 11 is 0. The molecule has 0 fully saturated rings. The minimum atomic E-state index is -4.01. The first-order valence-electron chi connectivity index (χ1n) is 8.85. The molecule has 1 aromatic carbocycles. The highest BCUT2D eigenvalue weighted by atomic mass is 32.2. The molecule has 2 heterocycles. The zero-order chi connectivity index (χ0) is 19.8. The minimum Gasteiger partial charge on any atom is -0.276 e. The number of aryl methyl sites for hydroxylation is 2. The number of aromatic nitrogens is 4. The normalized spacial score (nSPS) is 12.0. The zero-order valence-corrected chi connectivity index (χ0v) is 16.4. The van der Waals surface area contributed by atoms with Crippen LogP contribution in [0.2, 0.25) is 0 Å². The number of hydrogen-bond acceptors (Lipinski definition) is 5. The number of fused-ring (bicyclic) bond motifs is 1.